The number of aryl methyl sites for hydroxylation is 1. The molecule has 0 aliphatic carbocycles. The molecule has 0 fully saturated rings. The van der Waals surface area contributed by atoms with Crippen LogP contribution in [0.25, 0.3) is 0 Å². The van der Waals surface area contributed by atoms with Gasteiger partial charge in [0, 0.05) is 5.33 Å². The van der Waals surface area contributed by atoms with Gasteiger partial charge in [-0.1, -0.05) is 75.5 Å². The number of hydrogen-bond acceptors (Lipinski definition) is 3. The fourth-order valence-electron chi connectivity index (χ4n) is 2.28. The SMILES string of the molecule is NC(CCBr)(CCc1ccccc1)C(=O)Oc1c(Cl)cccc1Cl. The minimum atomic E-state index is -1.12. The van der Waals surface area contributed by atoms with E-state index in [0.717, 1.165) is 5.56 Å². The van der Waals surface area contributed by atoms with Crippen molar-refractivity contribution < 1.29 is 9.53 Å². The third-order valence-electron chi connectivity index (χ3n) is 3.76. The van der Waals surface area contributed by atoms with E-state index in [9.17, 15) is 4.79 Å². The Morgan fingerprint density at radius 1 is 1.04 bits per heavy atom. The monoisotopic (exact) mass is 429 g/mol. The maximum atomic E-state index is 12.7. The molecule has 6 heteroatoms. The predicted octanol–water partition coefficient (Wildman–Crippen LogP) is 5.01. The van der Waals surface area contributed by atoms with Gasteiger partial charge in [0.15, 0.2) is 5.75 Å². The lowest BCUT2D eigenvalue weighted by Gasteiger charge is -2.27. The van der Waals surface area contributed by atoms with Crippen molar-refractivity contribution in [3.05, 3.63) is 64.1 Å². The Hall–Kier alpha value is -1.07. The molecule has 0 aliphatic rings. The molecule has 0 radical (unpaired) electrons. The van der Waals surface area contributed by atoms with Gasteiger partial charge in [-0.05, 0) is 37.0 Å². The van der Waals surface area contributed by atoms with Gasteiger partial charge in [-0.2, -0.15) is 0 Å². The number of esters is 1. The van der Waals surface area contributed by atoms with Crippen LogP contribution in [0.4, 0.5) is 0 Å². The maximum absolute atomic E-state index is 12.7. The molecule has 2 aromatic carbocycles. The van der Waals surface area contributed by atoms with Gasteiger partial charge in [-0.3, -0.25) is 0 Å². The zero-order valence-corrected chi connectivity index (χ0v) is 16.1. The van der Waals surface area contributed by atoms with Crippen LogP contribution in [0.3, 0.4) is 0 Å². The summed E-state index contributed by atoms with van der Waals surface area (Å²) in [5.41, 5.74) is 6.35. The van der Waals surface area contributed by atoms with Crippen LogP contribution in [0.1, 0.15) is 18.4 Å². The number of hydrogen-bond donors (Lipinski definition) is 1. The lowest BCUT2D eigenvalue weighted by molar-refractivity contribution is -0.140. The molecular weight excluding hydrogens is 413 g/mol. The fraction of sp³-hybridized carbons (Fsp3) is 0.278. The molecule has 0 saturated heterocycles. The lowest BCUT2D eigenvalue weighted by Crippen LogP contribution is -2.51. The summed E-state index contributed by atoms with van der Waals surface area (Å²) in [6.07, 6.45) is 1.58. The second-order valence-electron chi connectivity index (χ2n) is 5.52. The van der Waals surface area contributed by atoms with Crippen LogP contribution >= 0.6 is 39.1 Å². The van der Waals surface area contributed by atoms with Crippen molar-refractivity contribution in [1.82, 2.24) is 0 Å². The molecule has 1 unspecified atom stereocenters. The third-order valence-corrected chi connectivity index (χ3v) is 4.76. The molecule has 0 amide bonds. The molecule has 2 N–H and O–H groups in total. The van der Waals surface area contributed by atoms with Crippen LogP contribution in [-0.2, 0) is 11.2 Å². The highest BCUT2D eigenvalue weighted by Crippen LogP contribution is 2.33. The zero-order chi connectivity index (χ0) is 17.6. The van der Waals surface area contributed by atoms with Gasteiger partial charge in [0.2, 0.25) is 0 Å². The van der Waals surface area contributed by atoms with E-state index in [1.54, 1.807) is 18.2 Å². The summed E-state index contributed by atoms with van der Waals surface area (Å²) in [7, 11) is 0. The van der Waals surface area contributed by atoms with E-state index in [4.69, 9.17) is 33.7 Å². The molecule has 128 valence electrons. The normalized spacial score (nSPS) is 13.3. The Morgan fingerprint density at radius 3 is 2.25 bits per heavy atom. The fourth-order valence-corrected chi connectivity index (χ4v) is 3.47. The summed E-state index contributed by atoms with van der Waals surface area (Å²) >= 11 is 15.5. The number of carbonyl (C=O) groups is 1. The summed E-state index contributed by atoms with van der Waals surface area (Å²) in [6.45, 7) is 0. The van der Waals surface area contributed by atoms with Crippen molar-refractivity contribution in [3.63, 3.8) is 0 Å². The van der Waals surface area contributed by atoms with Gasteiger partial charge in [-0.15, -0.1) is 0 Å². The molecule has 3 nitrogen and oxygen atoms in total. The molecular formula is C18H18BrCl2NO2. The van der Waals surface area contributed by atoms with E-state index in [2.05, 4.69) is 15.9 Å². The van der Waals surface area contributed by atoms with E-state index in [-0.39, 0.29) is 15.8 Å². The molecule has 2 aromatic rings. The van der Waals surface area contributed by atoms with E-state index in [1.165, 1.54) is 0 Å². The highest BCUT2D eigenvalue weighted by molar-refractivity contribution is 9.09. The molecule has 0 aliphatic heterocycles. The average Bonchev–Trinajstić information content (AvgIpc) is 2.57. The van der Waals surface area contributed by atoms with Crippen molar-refractivity contribution in [2.24, 2.45) is 5.73 Å². The first-order valence-corrected chi connectivity index (χ1v) is 9.39. The number of halogens is 3. The molecule has 0 spiro atoms. The topological polar surface area (TPSA) is 52.3 Å². The largest absolute Gasteiger partial charge is 0.422 e. The van der Waals surface area contributed by atoms with Gasteiger partial charge >= 0.3 is 5.97 Å². The van der Waals surface area contributed by atoms with Crippen molar-refractivity contribution in [2.75, 3.05) is 5.33 Å². The Balaban J connectivity index is 2.14. The first-order chi connectivity index (χ1) is 11.5. The Morgan fingerprint density at radius 2 is 1.67 bits per heavy atom. The predicted molar refractivity (Wildman–Crippen MR) is 102 cm³/mol. The highest BCUT2D eigenvalue weighted by atomic mass is 79.9. The van der Waals surface area contributed by atoms with E-state index in [1.807, 2.05) is 30.3 Å². The first-order valence-electron chi connectivity index (χ1n) is 7.51. The van der Waals surface area contributed by atoms with E-state index < -0.39 is 11.5 Å². The number of rotatable bonds is 7. The molecule has 0 aromatic heterocycles. The Bertz CT molecular complexity index is 676. The summed E-state index contributed by atoms with van der Waals surface area (Å²) in [6, 6.07) is 14.8. The maximum Gasteiger partial charge on any atom is 0.331 e. The number of ether oxygens (including phenoxy) is 1. The summed E-state index contributed by atoms with van der Waals surface area (Å²) in [5, 5.41) is 1.14. The lowest BCUT2D eigenvalue weighted by atomic mass is 9.89. The number of para-hydroxylation sites is 1. The molecule has 1 atom stereocenters. The minimum absolute atomic E-state index is 0.148. The minimum Gasteiger partial charge on any atom is -0.422 e. The molecule has 24 heavy (non-hydrogen) atoms. The van der Waals surface area contributed by atoms with Crippen LogP contribution < -0.4 is 10.5 Å². The van der Waals surface area contributed by atoms with Crippen LogP contribution in [-0.4, -0.2) is 16.8 Å². The smallest absolute Gasteiger partial charge is 0.331 e. The summed E-state index contributed by atoms with van der Waals surface area (Å²) in [5.74, 6) is -0.386. The van der Waals surface area contributed by atoms with Gasteiger partial charge in [0.25, 0.3) is 0 Å². The average molecular weight is 431 g/mol. The van der Waals surface area contributed by atoms with Crippen molar-refractivity contribution in [2.45, 2.75) is 24.8 Å². The third kappa shape index (κ3) is 4.96. The van der Waals surface area contributed by atoms with Crippen LogP contribution in [0.15, 0.2) is 48.5 Å². The highest BCUT2D eigenvalue weighted by Gasteiger charge is 2.35. The Labute approximate surface area is 160 Å². The van der Waals surface area contributed by atoms with Gasteiger partial charge < -0.3 is 10.5 Å². The standard InChI is InChI=1S/C18H18BrCl2NO2/c19-12-11-18(22,10-9-13-5-2-1-3-6-13)17(23)24-16-14(20)7-4-8-15(16)21/h1-8H,9-12,22H2. The number of benzene rings is 2. The second kappa shape index (κ2) is 8.86. The van der Waals surface area contributed by atoms with E-state index in [0.29, 0.717) is 24.6 Å². The van der Waals surface area contributed by atoms with Crippen LogP contribution in [0, 0.1) is 0 Å². The number of nitrogens with two attached hydrogens (primary N) is 1. The molecule has 2 rings (SSSR count). The molecule has 0 saturated carbocycles. The summed E-state index contributed by atoms with van der Waals surface area (Å²) in [4.78, 5) is 12.7. The molecule has 0 heterocycles. The van der Waals surface area contributed by atoms with Gasteiger partial charge in [0.05, 0.1) is 10.0 Å². The molecule has 0 bridgehead atoms. The van der Waals surface area contributed by atoms with Gasteiger partial charge in [0.1, 0.15) is 5.54 Å². The van der Waals surface area contributed by atoms with Crippen LogP contribution in [0.5, 0.6) is 5.75 Å². The summed E-state index contributed by atoms with van der Waals surface area (Å²) < 4.78 is 5.43. The van der Waals surface area contributed by atoms with Crippen molar-refractivity contribution in [3.8, 4) is 5.75 Å². The quantitative estimate of drug-likeness (QED) is 0.381. The van der Waals surface area contributed by atoms with Crippen LogP contribution in [0.2, 0.25) is 10.0 Å². The van der Waals surface area contributed by atoms with Crippen molar-refractivity contribution >= 4 is 45.1 Å². The van der Waals surface area contributed by atoms with E-state index >= 15 is 0 Å². The van der Waals surface area contributed by atoms with Crippen molar-refractivity contribution in [1.29, 1.82) is 0 Å². The number of carbonyl (C=O) groups excluding carboxylic acids is 1. The Kier molecular flexibility index (Phi) is 7.11. The second-order valence-corrected chi connectivity index (χ2v) is 7.13. The zero-order valence-electron chi connectivity index (χ0n) is 13.0. The first kappa shape index (κ1) is 19.3. The van der Waals surface area contributed by atoms with Gasteiger partial charge in [-0.25, -0.2) is 4.79 Å². The number of alkyl halides is 1.